The number of nitrogens with zero attached hydrogens (tertiary/aromatic N) is 2. The first-order chi connectivity index (χ1) is 15.3. The zero-order valence-corrected chi connectivity index (χ0v) is 18.3. The fourth-order valence-corrected chi connectivity index (χ4v) is 4.40. The van der Waals surface area contributed by atoms with Crippen LogP contribution in [0.3, 0.4) is 0 Å². The van der Waals surface area contributed by atoms with Gasteiger partial charge in [-0.15, -0.1) is 0 Å². The van der Waals surface area contributed by atoms with Crippen molar-refractivity contribution < 1.29 is 19.2 Å². The molecule has 32 heavy (non-hydrogen) atoms. The van der Waals surface area contributed by atoms with Crippen LogP contribution in [-0.2, 0) is 23.0 Å². The SMILES string of the molecule is CC(NC(=O)c1cc(-c2cccc3cc[nH]c23)nn1C)c1ccc([S+]([O-])CC(=O)O)cc1. The summed E-state index contributed by atoms with van der Waals surface area (Å²) < 4.78 is 13.5. The van der Waals surface area contributed by atoms with E-state index in [2.05, 4.69) is 15.4 Å². The molecule has 2 aromatic carbocycles. The summed E-state index contributed by atoms with van der Waals surface area (Å²) in [6.45, 7) is 1.85. The van der Waals surface area contributed by atoms with E-state index in [1.54, 1.807) is 42.1 Å². The quantitative estimate of drug-likeness (QED) is 0.373. The van der Waals surface area contributed by atoms with Crippen LogP contribution in [-0.4, -0.2) is 42.1 Å². The van der Waals surface area contributed by atoms with Gasteiger partial charge in [-0.1, -0.05) is 30.3 Å². The molecule has 0 spiro atoms. The maximum Gasteiger partial charge on any atom is 0.354 e. The van der Waals surface area contributed by atoms with E-state index in [-0.39, 0.29) is 11.9 Å². The molecule has 4 aromatic rings. The lowest BCUT2D eigenvalue weighted by atomic mass is 10.1. The second-order valence-electron chi connectivity index (χ2n) is 7.43. The van der Waals surface area contributed by atoms with Gasteiger partial charge in [0.25, 0.3) is 5.91 Å². The normalized spacial score (nSPS) is 13.1. The summed E-state index contributed by atoms with van der Waals surface area (Å²) in [7, 11) is 1.73. The summed E-state index contributed by atoms with van der Waals surface area (Å²) >= 11 is -1.60. The first-order valence-electron chi connectivity index (χ1n) is 9.95. The number of carbonyl (C=O) groups excluding carboxylic acids is 1. The van der Waals surface area contributed by atoms with Crippen molar-refractivity contribution in [1.29, 1.82) is 0 Å². The number of H-pyrrole nitrogens is 1. The summed E-state index contributed by atoms with van der Waals surface area (Å²) in [5.74, 6) is -1.82. The van der Waals surface area contributed by atoms with Crippen LogP contribution < -0.4 is 5.32 Å². The predicted octanol–water partition coefficient (Wildman–Crippen LogP) is 3.25. The number of carboxylic acids is 1. The minimum absolute atomic E-state index is 0.268. The van der Waals surface area contributed by atoms with E-state index in [4.69, 9.17) is 5.11 Å². The molecule has 0 radical (unpaired) electrons. The van der Waals surface area contributed by atoms with Gasteiger partial charge in [0, 0.05) is 24.2 Å². The number of hydrogen-bond donors (Lipinski definition) is 3. The lowest BCUT2D eigenvalue weighted by Crippen LogP contribution is -2.28. The molecule has 0 aliphatic heterocycles. The number of aromatic nitrogens is 3. The average molecular weight is 451 g/mol. The van der Waals surface area contributed by atoms with E-state index >= 15 is 0 Å². The Hall–Kier alpha value is -3.56. The number of hydrogen-bond acceptors (Lipinski definition) is 4. The van der Waals surface area contributed by atoms with Crippen molar-refractivity contribution in [3.8, 4) is 11.3 Å². The minimum atomic E-state index is -1.60. The van der Waals surface area contributed by atoms with Crippen LogP contribution in [0.2, 0.25) is 0 Å². The third kappa shape index (κ3) is 4.39. The van der Waals surface area contributed by atoms with Gasteiger partial charge in [-0.3, -0.25) is 9.48 Å². The van der Waals surface area contributed by atoms with Gasteiger partial charge in [-0.25, -0.2) is 4.79 Å². The fourth-order valence-electron chi connectivity index (χ4n) is 3.57. The molecule has 3 N–H and O–H groups in total. The highest BCUT2D eigenvalue weighted by Crippen LogP contribution is 2.27. The summed E-state index contributed by atoms with van der Waals surface area (Å²) in [5.41, 5.74) is 3.82. The number of rotatable bonds is 7. The predicted molar refractivity (Wildman–Crippen MR) is 122 cm³/mol. The van der Waals surface area contributed by atoms with Crippen LogP contribution in [0.15, 0.2) is 65.7 Å². The Bertz CT molecular complexity index is 1280. The number of carbonyl (C=O) groups is 2. The van der Waals surface area contributed by atoms with Gasteiger partial charge in [0.15, 0.2) is 4.90 Å². The number of fused-ring (bicyclic) bond motifs is 1. The van der Waals surface area contributed by atoms with Crippen molar-refractivity contribution in [3.05, 3.63) is 72.1 Å². The highest BCUT2D eigenvalue weighted by atomic mass is 32.2. The number of aromatic amines is 1. The third-order valence-corrected chi connectivity index (χ3v) is 6.53. The van der Waals surface area contributed by atoms with Crippen LogP contribution in [0.25, 0.3) is 22.2 Å². The number of aryl methyl sites for hydroxylation is 1. The van der Waals surface area contributed by atoms with Gasteiger partial charge in [0.1, 0.15) is 5.69 Å². The van der Waals surface area contributed by atoms with E-state index < -0.39 is 22.9 Å². The number of carboxylic acid groups (broad SMARTS) is 1. The molecule has 0 aliphatic rings. The molecule has 2 aromatic heterocycles. The Balaban J connectivity index is 1.49. The third-order valence-electron chi connectivity index (χ3n) is 5.22. The summed E-state index contributed by atoms with van der Waals surface area (Å²) in [4.78, 5) is 27.3. The highest BCUT2D eigenvalue weighted by molar-refractivity contribution is 7.92. The molecule has 0 saturated heterocycles. The Kier molecular flexibility index (Phi) is 6.02. The smallest absolute Gasteiger partial charge is 0.354 e. The van der Waals surface area contributed by atoms with Crippen molar-refractivity contribution in [2.75, 3.05) is 5.75 Å². The maximum absolute atomic E-state index is 12.9. The molecular weight excluding hydrogens is 428 g/mol. The van der Waals surface area contributed by atoms with E-state index in [1.807, 2.05) is 37.4 Å². The van der Waals surface area contributed by atoms with E-state index in [1.165, 1.54) is 0 Å². The number of benzene rings is 2. The first-order valence-corrected chi connectivity index (χ1v) is 11.3. The van der Waals surface area contributed by atoms with Gasteiger partial charge in [0.2, 0.25) is 5.75 Å². The first kappa shape index (κ1) is 21.7. The number of amides is 1. The summed E-state index contributed by atoms with van der Waals surface area (Å²) in [6, 6.07) is 16.1. The number of nitrogens with one attached hydrogen (secondary N) is 2. The molecule has 2 atom stereocenters. The van der Waals surface area contributed by atoms with E-state index in [0.29, 0.717) is 16.3 Å². The van der Waals surface area contributed by atoms with Gasteiger partial charge < -0.3 is 20.0 Å². The van der Waals surface area contributed by atoms with Crippen molar-refractivity contribution in [3.63, 3.8) is 0 Å². The van der Waals surface area contributed by atoms with Crippen molar-refractivity contribution >= 4 is 34.0 Å². The van der Waals surface area contributed by atoms with E-state index in [9.17, 15) is 14.1 Å². The molecule has 0 bridgehead atoms. The van der Waals surface area contributed by atoms with Crippen LogP contribution in [0.1, 0.15) is 29.0 Å². The molecule has 1 amide bonds. The molecular formula is C23H22N4O4S. The average Bonchev–Trinajstić information content (AvgIpc) is 3.39. The zero-order valence-electron chi connectivity index (χ0n) is 17.5. The molecule has 9 heteroatoms. The highest BCUT2D eigenvalue weighted by Gasteiger charge is 2.19. The Morgan fingerprint density at radius 2 is 1.97 bits per heavy atom. The van der Waals surface area contributed by atoms with Gasteiger partial charge in [0.05, 0.1) is 17.3 Å². The molecule has 0 saturated carbocycles. The Morgan fingerprint density at radius 1 is 1.22 bits per heavy atom. The lowest BCUT2D eigenvalue weighted by Gasteiger charge is -2.15. The molecule has 2 heterocycles. The van der Waals surface area contributed by atoms with Crippen LogP contribution in [0.5, 0.6) is 0 Å². The van der Waals surface area contributed by atoms with Crippen molar-refractivity contribution in [2.45, 2.75) is 17.9 Å². The Labute approximate surface area is 187 Å². The van der Waals surface area contributed by atoms with Crippen LogP contribution >= 0.6 is 0 Å². The fraction of sp³-hybridized carbons (Fsp3) is 0.174. The molecule has 4 rings (SSSR count). The monoisotopic (exact) mass is 450 g/mol. The molecule has 0 fully saturated rings. The van der Waals surface area contributed by atoms with Crippen molar-refractivity contribution in [2.24, 2.45) is 7.05 Å². The van der Waals surface area contributed by atoms with Crippen LogP contribution in [0.4, 0.5) is 0 Å². The molecule has 0 aliphatic carbocycles. The maximum atomic E-state index is 12.9. The van der Waals surface area contributed by atoms with Crippen molar-refractivity contribution in [1.82, 2.24) is 20.1 Å². The largest absolute Gasteiger partial charge is 0.611 e. The molecule has 164 valence electrons. The van der Waals surface area contributed by atoms with Gasteiger partial charge >= 0.3 is 5.97 Å². The molecule has 8 nitrogen and oxygen atoms in total. The second kappa shape index (κ2) is 8.89. The standard InChI is InChI=1S/C23H22N4O4S/c1-14(15-6-8-17(9-7-15)32(31)13-21(28)29)25-23(30)20-12-19(26-27(20)2)18-5-3-4-16-10-11-24-22(16)18/h3-12,14,24H,13H2,1-2H3,(H,25,30)(H,28,29). The number of aliphatic carboxylic acids is 1. The summed E-state index contributed by atoms with van der Waals surface area (Å²) in [5, 5.41) is 17.3. The Morgan fingerprint density at radius 3 is 2.69 bits per heavy atom. The van der Waals surface area contributed by atoms with Gasteiger partial charge in [-0.05, 0) is 47.9 Å². The van der Waals surface area contributed by atoms with E-state index in [0.717, 1.165) is 22.0 Å². The number of para-hydroxylation sites is 1. The molecule has 2 unspecified atom stereocenters. The summed E-state index contributed by atoms with van der Waals surface area (Å²) in [6.07, 6.45) is 1.87. The lowest BCUT2D eigenvalue weighted by molar-refractivity contribution is -0.134. The second-order valence-corrected chi connectivity index (χ2v) is 8.88. The zero-order chi connectivity index (χ0) is 22.8. The minimum Gasteiger partial charge on any atom is -0.611 e. The van der Waals surface area contributed by atoms with Crippen LogP contribution in [0, 0.1) is 0 Å². The van der Waals surface area contributed by atoms with Gasteiger partial charge in [-0.2, -0.15) is 5.10 Å². The topological polar surface area (TPSA) is 123 Å².